The fraction of sp³-hybridized carbons (Fsp3) is 0.125. The summed E-state index contributed by atoms with van der Waals surface area (Å²) < 4.78 is 4.37. The van der Waals surface area contributed by atoms with Crippen molar-refractivity contribution in [2.45, 2.75) is 0 Å². The molecule has 2 heterocycles. The molecule has 0 aliphatic rings. The van der Waals surface area contributed by atoms with Gasteiger partial charge in [0, 0.05) is 0 Å². The Morgan fingerprint density at radius 2 is 2.33 bits per heavy atom. The summed E-state index contributed by atoms with van der Waals surface area (Å²) in [7, 11) is 1.13. The van der Waals surface area contributed by atoms with Crippen molar-refractivity contribution in [2.75, 3.05) is 7.11 Å². The van der Waals surface area contributed by atoms with Crippen LogP contribution in [-0.2, 0) is 4.74 Å². The molecule has 0 saturated carbocycles. The summed E-state index contributed by atoms with van der Waals surface area (Å²) in [6.45, 7) is 0. The van der Waals surface area contributed by atoms with Gasteiger partial charge in [-0.1, -0.05) is 0 Å². The zero-order valence-corrected chi connectivity index (χ0v) is 7.70. The van der Waals surface area contributed by atoms with Gasteiger partial charge in [0.2, 0.25) is 0 Å². The van der Waals surface area contributed by atoms with E-state index in [4.69, 9.17) is 0 Å². The normalized spacial score (nSPS) is 10.5. The van der Waals surface area contributed by atoms with E-state index in [1.54, 1.807) is 0 Å². The molecule has 0 saturated heterocycles. The molecule has 0 radical (unpaired) electrons. The number of esters is 1. The first-order chi connectivity index (χ1) is 7.15. The van der Waals surface area contributed by atoms with Crippen LogP contribution in [0.5, 0.6) is 5.75 Å². The smallest absolute Gasteiger partial charge is 0.347 e. The number of H-pyrrole nitrogens is 2. The molecule has 7 heteroatoms. The second kappa shape index (κ2) is 3.12. The highest BCUT2D eigenvalue weighted by Gasteiger charge is 2.20. The summed E-state index contributed by atoms with van der Waals surface area (Å²) in [4.78, 5) is 24.9. The Kier molecular flexibility index (Phi) is 1.93. The van der Waals surface area contributed by atoms with Gasteiger partial charge in [0.05, 0.1) is 18.7 Å². The van der Waals surface area contributed by atoms with Crippen LogP contribution in [0.3, 0.4) is 0 Å². The van der Waals surface area contributed by atoms with E-state index in [1.165, 1.54) is 6.20 Å². The largest absolute Gasteiger partial charge is 0.506 e. The van der Waals surface area contributed by atoms with E-state index in [0.717, 1.165) is 7.11 Å². The lowest BCUT2D eigenvalue weighted by atomic mass is 10.2. The second-order valence-corrected chi connectivity index (χ2v) is 2.83. The quantitative estimate of drug-likeness (QED) is 0.561. The molecule has 0 fully saturated rings. The number of ether oxygens (including phenoxy) is 1. The van der Waals surface area contributed by atoms with Gasteiger partial charge in [-0.15, -0.1) is 0 Å². The third-order valence-corrected chi connectivity index (χ3v) is 1.99. The van der Waals surface area contributed by atoms with Crippen molar-refractivity contribution < 1.29 is 14.6 Å². The van der Waals surface area contributed by atoms with Crippen molar-refractivity contribution in [3.05, 3.63) is 22.1 Å². The van der Waals surface area contributed by atoms with E-state index in [0.29, 0.717) is 0 Å². The van der Waals surface area contributed by atoms with Crippen LogP contribution in [0.2, 0.25) is 0 Å². The van der Waals surface area contributed by atoms with E-state index in [9.17, 15) is 14.7 Å². The molecule has 2 rings (SSSR count). The van der Waals surface area contributed by atoms with Crippen LogP contribution in [0.4, 0.5) is 0 Å². The predicted octanol–water partition coefficient (Wildman–Crippen LogP) is -0.257. The fourth-order valence-corrected chi connectivity index (χ4v) is 1.27. The summed E-state index contributed by atoms with van der Waals surface area (Å²) >= 11 is 0. The standard InChI is InChI=1S/C8H7N3O4/c1-15-8(14)4-5(12)3-2-9-11-6(3)10-7(4)13/h2H,1H3,(H3,9,10,11,12,13). The van der Waals surface area contributed by atoms with Crippen LogP contribution >= 0.6 is 0 Å². The number of nitrogens with one attached hydrogen (secondary N) is 2. The van der Waals surface area contributed by atoms with Crippen LogP contribution < -0.4 is 5.56 Å². The number of aromatic nitrogens is 3. The van der Waals surface area contributed by atoms with Crippen molar-refractivity contribution in [1.82, 2.24) is 15.2 Å². The minimum Gasteiger partial charge on any atom is -0.506 e. The number of methoxy groups -OCH3 is 1. The van der Waals surface area contributed by atoms with Crippen LogP contribution in [0, 0.1) is 0 Å². The lowest BCUT2D eigenvalue weighted by Gasteiger charge is -2.01. The Balaban J connectivity index is 2.84. The van der Waals surface area contributed by atoms with Gasteiger partial charge in [0.25, 0.3) is 5.56 Å². The third kappa shape index (κ3) is 1.25. The zero-order valence-electron chi connectivity index (χ0n) is 7.70. The van der Waals surface area contributed by atoms with Crippen molar-refractivity contribution in [1.29, 1.82) is 0 Å². The molecule has 0 amide bonds. The Labute approximate surface area is 82.7 Å². The highest BCUT2D eigenvalue weighted by atomic mass is 16.5. The molecule has 0 spiro atoms. The maximum absolute atomic E-state index is 11.4. The summed E-state index contributed by atoms with van der Waals surface area (Å²) in [5.41, 5.74) is -0.896. The third-order valence-electron chi connectivity index (χ3n) is 1.99. The van der Waals surface area contributed by atoms with Gasteiger partial charge in [-0.05, 0) is 0 Å². The number of aromatic amines is 2. The summed E-state index contributed by atoms with van der Waals surface area (Å²) in [5.74, 6) is -1.33. The van der Waals surface area contributed by atoms with E-state index in [2.05, 4.69) is 19.9 Å². The van der Waals surface area contributed by atoms with Crippen LogP contribution in [0.25, 0.3) is 11.0 Å². The molecule has 2 aromatic heterocycles. The number of rotatable bonds is 1. The van der Waals surface area contributed by atoms with Gasteiger partial charge in [-0.2, -0.15) is 5.10 Å². The number of hydrogen-bond acceptors (Lipinski definition) is 5. The SMILES string of the molecule is COC(=O)c1c(O)c2cn[nH]c2[nH]c1=O. The summed E-state index contributed by atoms with van der Waals surface area (Å²) in [6.07, 6.45) is 1.30. The molecule has 7 nitrogen and oxygen atoms in total. The zero-order chi connectivity index (χ0) is 11.0. The lowest BCUT2D eigenvalue weighted by molar-refractivity contribution is 0.0595. The molecular weight excluding hydrogens is 202 g/mol. The first-order valence-corrected chi connectivity index (χ1v) is 4.01. The number of pyridine rings is 1. The molecule has 0 aliphatic carbocycles. The average molecular weight is 209 g/mol. The van der Waals surface area contributed by atoms with Gasteiger partial charge in [-0.3, -0.25) is 9.89 Å². The second-order valence-electron chi connectivity index (χ2n) is 2.83. The predicted molar refractivity (Wildman–Crippen MR) is 49.7 cm³/mol. The fourth-order valence-electron chi connectivity index (χ4n) is 1.27. The van der Waals surface area contributed by atoms with Crippen LogP contribution in [0.1, 0.15) is 10.4 Å². The van der Waals surface area contributed by atoms with E-state index >= 15 is 0 Å². The highest BCUT2D eigenvalue weighted by molar-refractivity contribution is 5.98. The van der Waals surface area contributed by atoms with Crippen LogP contribution in [0.15, 0.2) is 11.0 Å². The molecule has 3 N–H and O–H groups in total. The Morgan fingerprint density at radius 3 is 3.00 bits per heavy atom. The van der Waals surface area contributed by atoms with E-state index in [-0.39, 0.29) is 11.0 Å². The molecule has 2 aromatic rings. The minimum atomic E-state index is -0.892. The summed E-state index contributed by atoms with van der Waals surface area (Å²) in [5, 5.41) is 16.0. The molecule has 0 aromatic carbocycles. The van der Waals surface area contributed by atoms with E-state index in [1.807, 2.05) is 0 Å². The van der Waals surface area contributed by atoms with Crippen molar-refractivity contribution in [2.24, 2.45) is 0 Å². The molecule has 0 unspecified atom stereocenters. The molecule has 78 valence electrons. The molecular formula is C8H7N3O4. The van der Waals surface area contributed by atoms with Crippen LogP contribution in [-0.4, -0.2) is 33.4 Å². The topological polar surface area (TPSA) is 108 Å². The highest BCUT2D eigenvalue weighted by Crippen LogP contribution is 2.23. The van der Waals surface area contributed by atoms with Gasteiger partial charge in [-0.25, -0.2) is 4.79 Å². The number of hydrogen-bond donors (Lipinski definition) is 3. The first kappa shape index (κ1) is 9.25. The Bertz CT molecular complexity index is 583. The molecule has 0 aliphatic heterocycles. The monoisotopic (exact) mass is 209 g/mol. The van der Waals surface area contributed by atoms with Crippen molar-refractivity contribution >= 4 is 17.0 Å². The molecule has 15 heavy (non-hydrogen) atoms. The molecule has 0 atom stereocenters. The van der Waals surface area contributed by atoms with Crippen molar-refractivity contribution in [3.63, 3.8) is 0 Å². The number of nitrogens with zero attached hydrogens (tertiary/aromatic N) is 1. The Morgan fingerprint density at radius 1 is 1.60 bits per heavy atom. The minimum absolute atomic E-state index is 0.255. The van der Waals surface area contributed by atoms with Gasteiger partial charge < -0.3 is 14.8 Å². The Hall–Kier alpha value is -2.31. The first-order valence-electron chi connectivity index (χ1n) is 4.01. The average Bonchev–Trinajstić information content (AvgIpc) is 2.65. The van der Waals surface area contributed by atoms with Gasteiger partial charge >= 0.3 is 5.97 Å². The molecule has 0 bridgehead atoms. The van der Waals surface area contributed by atoms with Crippen molar-refractivity contribution in [3.8, 4) is 5.75 Å². The number of carbonyl (C=O) groups is 1. The van der Waals surface area contributed by atoms with Gasteiger partial charge in [0.15, 0.2) is 5.56 Å². The number of fused-ring (bicyclic) bond motifs is 1. The van der Waals surface area contributed by atoms with E-state index < -0.39 is 22.8 Å². The number of aromatic hydroxyl groups is 1. The van der Waals surface area contributed by atoms with Gasteiger partial charge in [0.1, 0.15) is 11.4 Å². The maximum Gasteiger partial charge on any atom is 0.347 e. The summed E-state index contributed by atoms with van der Waals surface area (Å²) in [6, 6.07) is 0. The maximum atomic E-state index is 11.4. The number of carbonyl (C=O) groups excluding carboxylic acids is 1. The lowest BCUT2D eigenvalue weighted by Crippen LogP contribution is -2.18.